The van der Waals surface area contributed by atoms with Gasteiger partial charge in [0.05, 0.1) is 5.56 Å². The molecule has 2 aromatic carbocycles. The zero-order chi connectivity index (χ0) is 31.7. The first kappa shape index (κ1) is 32.6. The molecule has 5 heteroatoms. The van der Waals surface area contributed by atoms with E-state index in [1.54, 1.807) is 24.3 Å². The molecule has 228 valence electrons. The molecular weight excluding hydrogens is 555 g/mol. The summed E-state index contributed by atoms with van der Waals surface area (Å²) < 4.78 is 42.2. The number of alkyl halides is 3. The van der Waals surface area contributed by atoms with Crippen LogP contribution in [0.3, 0.4) is 0 Å². The van der Waals surface area contributed by atoms with Crippen LogP contribution in [0.4, 0.5) is 18.9 Å². The number of hydrogen-bond acceptors (Lipinski definition) is 1. The lowest BCUT2D eigenvalue weighted by Crippen LogP contribution is -2.15. The molecule has 1 unspecified atom stereocenters. The van der Waals surface area contributed by atoms with Gasteiger partial charge in [-0.2, -0.15) is 13.2 Å². The summed E-state index contributed by atoms with van der Waals surface area (Å²) in [6.45, 7) is 11.9. The molecule has 0 heterocycles. The summed E-state index contributed by atoms with van der Waals surface area (Å²) in [5, 5.41) is 2.65. The van der Waals surface area contributed by atoms with Crippen LogP contribution < -0.4 is 5.32 Å². The fourth-order valence-electron chi connectivity index (χ4n) is 5.68. The molecule has 0 spiro atoms. The predicted molar refractivity (Wildman–Crippen MR) is 175 cm³/mol. The Morgan fingerprint density at radius 1 is 1.07 bits per heavy atom. The van der Waals surface area contributed by atoms with E-state index in [9.17, 15) is 18.0 Å². The van der Waals surface area contributed by atoms with Crippen molar-refractivity contribution in [1.29, 1.82) is 0 Å². The van der Waals surface area contributed by atoms with Crippen molar-refractivity contribution < 1.29 is 18.0 Å². The zero-order valence-electron chi connectivity index (χ0n) is 25.6. The van der Waals surface area contributed by atoms with E-state index in [0.29, 0.717) is 17.0 Å². The van der Waals surface area contributed by atoms with Crippen LogP contribution >= 0.6 is 0 Å². The average Bonchev–Trinajstić information content (AvgIpc) is 3.33. The fraction of sp³-hybridized carbons (Fsp3) is 0.308. The van der Waals surface area contributed by atoms with Crippen LogP contribution in [-0.4, -0.2) is 5.91 Å². The molecule has 0 bridgehead atoms. The Bertz CT molecular complexity index is 1600. The number of allylic oxidation sites excluding steroid dienone is 10. The maximum absolute atomic E-state index is 14.1. The predicted octanol–water partition coefficient (Wildman–Crippen LogP) is 10.6. The van der Waals surface area contributed by atoms with Crippen LogP contribution in [0.5, 0.6) is 0 Å². The molecule has 0 saturated carbocycles. The number of rotatable bonds is 7. The van der Waals surface area contributed by atoms with Gasteiger partial charge in [0.2, 0.25) is 0 Å². The normalized spacial score (nSPS) is 19.1. The van der Waals surface area contributed by atoms with Crippen molar-refractivity contribution in [2.45, 2.75) is 71.4 Å². The first-order valence-electron chi connectivity index (χ1n) is 15.3. The van der Waals surface area contributed by atoms with Gasteiger partial charge in [0.1, 0.15) is 0 Å². The number of anilines is 1. The number of aryl methyl sites for hydroxylation is 1. The number of carbonyl (C=O) groups excluding carboxylic acids is 1. The molecule has 1 atom stereocenters. The van der Waals surface area contributed by atoms with Gasteiger partial charge in [-0.05, 0) is 117 Å². The zero-order valence-corrected chi connectivity index (χ0v) is 25.6. The third kappa shape index (κ3) is 8.63. The minimum Gasteiger partial charge on any atom is -0.322 e. The number of halogens is 3. The number of nitrogens with one attached hydrogen (secondary N) is 1. The highest BCUT2D eigenvalue weighted by atomic mass is 19.4. The molecule has 2 aliphatic rings. The van der Waals surface area contributed by atoms with Crippen molar-refractivity contribution in [2.24, 2.45) is 5.92 Å². The molecule has 0 aromatic heterocycles. The standard InChI is InChI=1S/C39H40F3NO/c1-5-29(24-33-18-15-28(4)36(33)6-2)16-21-32-25-34(19-14-27(32)3)38(44)43-35-23-22-31(37(26-35)39(40,41)42)20-17-30-12-10-8-7-9-11-13-30/h5-8,14,17,19,22-26,28H,1-2,9-13,15,18,20H2,3-4H3,(H,43,44)/b8-7+,29-24+,30-17+. The lowest BCUT2D eigenvalue weighted by molar-refractivity contribution is -0.138. The van der Waals surface area contributed by atoms with E-state index in [0.717, 1.165) is 62.1 Å². The second-order valence-electron chi connectivity index (χ2n) is 11.5. The minimum atomic E-state index is -4.54. The van der Waals surface area contributed by atoms with E-state index in [2.05, 4.69) is 49.4 Å². The van der Waals surface area contributed by atoms with Crippen LogP contribution in [0.15, 0.2) is 108 Å². The molecule has 0 aliphatic heterocycles. The van der Waals surface area contributed by atoms with Crippen molar-refractivity contribution in [3.05, 3.63) is 136 Å². The smallest absolute Gasteiger partial charge is 0.322 e. The van der Waals surface area contributed by atoms with E-state index in [-0.39, 0.29) is 17.7 Å². The number of amides is 1. The van der Waals surface area contributed by atoms with Crippen molar-refractivity contribution in [3.8, 4) is 11.8 Å². The summed E-state index contributed by atoms with van der Waals surface area (Å²) in [4.78, 5) is 13.1. The minimum absolute atomic E-state index is 0.0944. The SMILES string of the molecule is C=CC1=C(/C=C(/C#Cc2cc(C(=O)Nc3ccc(C/C=C4\CC/C=C/CCC4)c(C(F)(F)F)c3)ccc2C)C=C)CCC1C. The lowest BCUT2D eigenvalue weighted by atomic mass is 9.96. The fourth-order valence-corrected chi connectivity index (χ4v) is 5.68. The molecule has 0 saturated heterocycles. The van der Waals surface area contributed by atoms with Gasteiger partial charge in [0, 0.05) is 22.4 Å². The maximum atomic E-state index is 14.1. The summed E-state index contributed by atoms with van der Waals surface area (Å²) in [6.07, 6.45) is 14.3. The Morgan fingerprint density at radius 3 is 2.61 bits per heavy atom. The van der Waals surface area contributed by atoms with Crippen LogP contribution in [-0.2, 0) is 12.6 Å². The van der Waals surface area contributed by atoms with E-state index >= 15 is 0 Å². The quantitative estimate of drug-likeness (QED) is 0.193. The second-order valence-corrected chi connectivity index (χ2v) is 11.5. The van der Waals surface area contributed by atoms with Crippen molar-refractivity contribution in [2.75, 3.05) is 5.32 Å². The Morgan fingerprint density at radius 2 is 1.86 bits per heavy atom. The molecule has 2 nitrogen and oxygen atoms in total. The Kier molecular flexibility index (Phi) is 11.1. The maximum Gasteiger partial charge on any atom is 0.416 e. The van der Waals surface area contributed by atoms with Crippen molar-refractivity contribution >= 4 is 11.6 Å². The molecule has 2 aromatic rings. The van der Waals surface area contributed by atoms with Gasteiger partial charge >= 0.3 is 6.18 Å². The van der Waals surface area contributed by atoms with Gasteiger partial charge in [-0.1, -0.05) is 80.0 Å². The average molecular weight is 596 g/mol. The van der Waals surface area contributed by atoms with E-state index < -0.39 is 17.6 Å². The van der Waals surface area contributed by atoms with Gasteiger partial charge in [-0.3, -0.25) is 4.79 Å². The molecule has 1 N–H and O–H groups in total. The molecule has 0 radical (unpaired) electrons. The molecule has 1 amide bonds. The Labute approximate surface area is 259 Å². The van der Waals surface area contributed by atoms with E-state index in [4.69, 9.17) is 0 Å². The number of hydrogen-bond donors (Lipinski definition) is 1. The molecule has 2 aliphatic carbocycles. The Balaban J connectivity index is 1.53. The monoisotopic (exact) mass is 595 g/mol. The van der Waals surface area contributed by atoms with Crippen molar-refractivity contribution in [3.63, 3.8) is 0 Å². The highest BCUT2D eigenvalue weighted by Gasteiger charge is 2.33. The second kappa shape index (κ2) is 14.9. The van der Waals surface area contributed by atoms with Gasteiger partial charge in [-0.25, -0.2) is 0 Å². The van der Waals surface area contributed by atoms with Gasteiger partial charge in [-0.15, -0.1) is 0 Å². The highest BCUT2D eigenvalue weighted by molar-refractivity contribution is 6.04. The number of carbonyl (C=O) groups is 1. The van der Waals surface area contributed by atoms with Gasteiger partial charge < -0.3 is 5.32 Å². The molecule has 4 rings (SSSR count). The van der Waals surface area contributed by atoms with Crippen molar-refractivity contribution in [1.82, 2.24) is 0 Å². The van der Waals surface area contributed by atoms with E-state index in [1.807, 2.05) is 25.2 Å². The van der Waals surface area contributed by atoms with Crippen LogP contribution in [0.2, 0.25) is 0 Å². The van der Waals surface area contributed by atoms with E-state index in [1.165, 1.54) is 28.9 Å². The summed E-state index contributed by atoms with van der Waals surface area (Å²) in [5.41, 5.74) is 5.81. The largest absolute Gasteiger partial charge is 0.416 e. The number of benzene rings is 2. The topological polar surface area (TPSA) is 29.1 Å². The highest BCUT2D eigenvalue weighted by Crippen LogP contribution is 2.35. The van der Waals surface area contributed by atoms with Gasteiger partial charge in [0.15, 0.2) is 0 Å². The summed E-state index contributed by atoms with van der Waals surface area (Å²) in [7, 11) is 0. The van der Waals surface area contributed by atoms with Gasteiger partial charge in [0.25, 0.3) is 5.91 Å². The molecular formula is C39H40F3NO. The first-order valence-corrected chi connectivity index (χ1v) is 15.3. The van der Waals surface area contributed by atoms with Crippen LogP contribution in [0.25, 0.3) is 0 Å². The first-order chi connectivity index (χ1) is 21.1. The van der Waals surface area contributed by atoms with Crippen LogP contribution in [0.1, 0.15) is 84.5 Å². The Hall–Kier alpha value is -4.30. The molecule has 44 heavy (non-hydrogen) atoms. The third-order valence-electron chi connectivity index (χ3n) is 8.31. The lowest BCUT2D eigenvalue weighted by Gasteiger charge is -2.15. The van der Waals surface area contributed by atoms with Crippen LogP contribution in [0, 0.1) is 24.7 Å². The molecule has 0 fully saturated rings. The third-order valence-corrected chi connectivity index (χ3v) is 8.31. The summed E-state index contributed by atoms with van der Waals surface area (Å²) >= 11 is 0. The summed E-state index contributed by atoms with van der Waals surface area (Å²) in [6, 6.07) is 9.13. The summed E-state index contributed by atoms with van der Waals surface area (Å²) in [5.74, 6) is 6.27.